The first-order valence-electron chi connectivity index (χ1n) is 8.59. The summed E-state index contributed by atoms with van der Waals surface area (Å²) in [6, 6.07) is 1.82. The van der Waals surface area contributed by atoms with E-state index in [4.69, 9.17) is 14.2 Å². The highest BCUT2D eigenvalue weighted by atomic mass is 16.6. The molecule has 1 aromatic heterocycles. The average molecular weight is 352 g/mol. The molecule has 1 N–H and O–H groups in total. The number of amides is 1. The lowest BCUT2D eigenvalue weighted by Gasteiger charge is -2.33. The predicted octanol–water partition coefficient (Wildman–Crippen LogP) is 4.11. The zero-order chi connectivity index (χ0) is 19.3. The molecule has 1 unspecified atom stereocenters. The van der Waals surface area contributed by atoms with Crippen LogP contribution in [-0.4, -0.2) is 35.9 Å². The van der Waals surface area contributed by atoms with E-state index in [1.54, 1.807) is 13.3 Å². The number of carbonyl (C=O) groups excluding carboxylic acids is 1. The summed E-state index contributed by atoms with van der Waals surface area (Å²) in [5, 5.41) is 2.95. The SMILES string of the molecule is COc1cc(C)ncc1OCC(C)(CC(C)C)NC(=O)OC(C)(C)C. The highest BCUT2D eigenvalue weighted by molar-refractivity contribution is 5.68. The first kappa shape index (κ1) is 21.1. The van der Waals surface area contributed by atoms with Crippen molar-refractivity contribution < 1.29 is 19.0 Å². The molecular formula is C19H32N2O4. The van der Waals surface area contributed by atoms with Gasteiger partial charge in [0.25, 0.3) is 0 Å². The van der Waals surface area contributed by atoms with Gasteiger partial charge in [0.15, 0.2) is 11.5 Å². The summed E-state index contributed by atoms with van der Waals surface area (Å²) in [5.41, 5.74) is -0.277. The first-order valence-corrected chi connectivity index (χ1v) is 8.59. The number of alkyl carbamates (subject to hydrolysis) is 1. The summed E-state index contributed by atoms with van der Waals surface area (Å²) in [6.07, 6.45) is 1.93. The smallest absolute Gasteiger partial charge is 0.408 e. The second-order valence-corrected chi connectivity index (χ2v) is 8.05. The summed E-state index contributed by atoms with van der Waals surface area (Å²) in [5.74, 6) is 1.55. The lowest BCUT2D eigenvalue weighted by molar-refractivity contribution is 0.0407. The molecule has 6 heteroatoms. The maximum Gasteiger partial charge on any atom is 0.408 e. The molecule has 0 aliphatic heterocycles. The van der Waals surface area contributed by atoms with Gasteiger partial charge in [-0.05, 0) is 47.0 Å². The van der Waals surface area contributed by atoms with E-state index in [0.717, 1.165) is 12.1 Å². The van der Waals surface area contributed by atoms with Gasteiger partial charge in [0.2, 0.25) is 0 Å². The Morgan fingerprint density at radius 1 is 1.24 bits per heavy atom. The van der Waals surface area contributed by atoms with Crippen molar-refractivity contribution in [1.82, 2.24) is 10.3 Å². The van der Waals surface area contributed by atoms with Gasteiger partial charge in [0.1, 0.15) is 12.2 Å². The molecule has 0 spiro atoms. The average Bonchev–Trinajstić information content (AvgIpc) is 2.42. The number of pyridine rings is 1. The monoisotopic (exact) mass is 352 g/mol. The van der Waals surface area contributed by atoms with E-state index in [9.17, 15) is 4.79 Å². The van der Waals surface area contributed by atoms with Crippen LogP contribution in [0.2, 0.25) is 0 Å². The fourth-order valence-corrected chi connectivity index (χ4v) is 2.62. The Labute approximate surface area is 151 Å². The quantitative estimate of drug-likeness (QED) is 0.800. The number of aromatic nitrogens is 1. The van der Waals surface area contributed by atoms with Crippen LogP contribution in [0.5, 0.6) is 11.5 Å². The minimum absolute atomic E-state index is 0.283. The molecule has 0 saturated heterocycles. The van der Waals surface area contributed by atoms with E-state index in [1.165, 1.54) is 0 Å². The van der Waals surface area contributed by atoms with Crippen molar-refractivity contribution in [2.24, 2.45) is 5.92 Å². The second-order valence-electron chi connectivity index (χ2n) is 8.05. The van der Waals surface area contributed by atoms with Crippen LogP contribution in [0.3, 0.4) is 0 Å². The molecule has 1 aromatic rings. The van der Waals surface area contributed by atoms with Gasteiger partial charge >= 0.3 is 6.09 Å². The molecule has 0 fully saturated rings. The van der Waals surface area contributed by atoms with Crippen molar-refractivity contribution in [1.29, 1.82) is 0 Å². The van der Waals surface area contributed by atoms with E-state index >= 15 is 0 Å². The van der Waals surface area contributed by atoms with Crippen LogP contribution in [0.4, 0.5) is 4.79 Å². The van der Waals surface area contributed by atoms with Gasteiger partial charge in [0, 0.05) is 11.8 Å². The zero-order valence-electron chi connectivity index (χ0n) is 16.7. The van der Waals surface area contributed by atoms with Crippen LogP contribution in [0.15, 0.2) is 12.3 Å². The number of hydrogen-bond donors (Lipinski definition) is 1. The third-order valence-electron chi connectivity index (χ3n) is 3.40. The third kappa shape index (κ3) is 7.63. The lowest BCUT2D eigenvalue weighted by Crippen LogP contribution is -2.52. The van der Waals surface area contributed by atoms with Crippen molar-refractivity contribution in [2.45, 2.75) is 66.0 Å². The van der Waals surface area contributed by atoms with Crippen molar-refractivity contribution in [3.05, 3.63) is 18.0 Å². The third-order valence-corrected chi connectivity index (χ3v) is 3.40. The van der Waals surface area contributed by atoms with Gasteiger partial charge in [-0.2, -0.15) is 0 Å². The highest BCUT2D eigenvalue weighted by Gasteiger charge is 2.31. The number of nitrogens with one attached hydrogen (secondary N) is 1. The Hall–Kier alpha value is -1.98. The van der Waals surface area contributed by atoms with Gasteiger partial charge < -0.3 is 19.5 Å². The molecule has 1 heterocycles. The standard InChI is InChI=1S/C19H32N2O4/c1-13(2)10-19(7,21-17(22)25-18(4,5)6)12-24-16-11-20-14(3)9-15(16)23-8/h9,11,13H,10,12H2,1-8H3,(H,21,22). The van der Waals surface area contributed by atoms with Crippen LogP contribution in [0, 0.1) is 12.8 Å². The summed E-state index contributed by atoms with van der Waals surface area (Å²) >= 11 is 0. The van der Waals surface area contributed by atoms with E-state index in [0.29, 0.717) is 17.4 Å². The Balaban J connectivity index is 2.86. The summed E-state index contributed by atoms with van der Waals surface area (Å²) in [7, 11) is 1.59. The molecule has 0 aliphatic rings. The van der Waals surface area contributed by atoms with Crippen LogP contribution >= 0.6 is 0 Å². The van der Waals surface area contributed by atoms with Gasteiger partial charge in [-0.3, -0.25) is 4.98 Å². The second kappa shape index (κ2) is 8.41. The molecule has 1 amide bonds. The number of ether oxygens (including phenoxy) is 3. The molecule has 0 bridgehead atoms. The Bertz CT molecular complexity index is 581. The number of methoxy groups -OCH3 is 1. The van der Waals surface area contributed by atoms with Crippen LogP contribution in [0.25, 0.3) is 0 Å². The van der Waals surface area contributed by atoms with E-state index in [1.807, 2.05) is 40.7 Å². The predicted molar refractivity (Wildman–Crippen MR) is 98.3 cm³/mol. The van der Waals surface area contributed by atoms with Gasteiger partial charge in [-0.25, -0.2) is 4.79 Å². The number of aryl methyl sites for hydroxylation is 1. The van der Waals surface area contributed by atoms with E-state index < -0.39 is 17.2 Å². The lowest BCUT2D eigenvalue weighted by atomic mass is 9.91. The molecule has 6 nitrogen and oxygen atoms in total. The fraction of sp³-hybridized carbons (Fsp3) is 0.684. The van der Waals surface area contributed by atoms with Gasteiger partial charge in [0.05, 0.1) is 18.8 Å². The minimum Gasteiger partial charge on any atom is -0.493 e. The summed E-state index contributed by atoms with van der Waals surface area (Å²) < 4.78 is 16.6. The molecular weight excluding hydrogens is 320 g/mol. The maximum absolute atomic E-state index is 12.2. The van der Waals surface area contributed by atoms with Crippen molar-refractivity contribution in [2.75, 3.05) is 13.7 Å². The number of rotatable bonds is 7. The summed E-state index contributed by atoms with van der Waals surface area (Å²) in [6.45, 7) is 13.8. The van der Waals surface area contributed by atoms with Crippen molar-refractivity contribution in [3.8, 4) is 11.5 Å². The summed E-state index contributed by atoms with van der Waals surface area (Å²) in [4.78, 5) is 16.5. The Morgan fingerprint density at radius 3 is 2.40 bits per heavy atom. The molecule has 25 heavy (non-hydrogen) atoms. The van der Waals surface area contributed by atoms with Crippen LogP contribution in [0.1, 0.15) is 53.7 Å². The largest absolute Gasteiger partial charge is 0.493 e. The molecule has 0 aromatic carbocycles. The van der Waals surface area contributed by atoms with Crippen molar-refractivity contribution >= 4 is 6.09 Å². The zero-order valence-corrected chi connectivity index (χ0v) is 16.7. The van der Waals surface area contributed by atoms with E-state index in [-0.39, 0.29) is 6.61 Å². The maximum atomic E-state index is 12.2. The van der Waals surface area contributed by atoms with Crippen LogP contribution < -0.4 is 14.8 Å². The normalized spacial score (nSPS) is 14.0. The van der Waals surface area contributed by atoms with Crippen molar-refractivity contribution in [3.63, 3.8) is 0 Å². The van der Waals surface area contributed by atoms with E-state index in [2.05, 4.69) is 24.1 Å². The fourth-order valence-electron chi connectivity index (χ4n) is 2.62. The highest BCUT2D eigenvalue weighted by Crippen LogP contribution is 2.28. The molecule has 0 radical (unpaired) electrons. The molecule has 1 rings (SSSR count). The van der Waals surface area contributed by atoms with Crippen LogP contribution in [-0.2, 0) is 4.74 Å². The Kier molecular flexibility index (Phi) is 7.08. The first-order chi connectivity index (χ1) is 11.4. The van der Waals surface area contributed by atoms with Gasteiger partial charge in [-0.15, -0.1) is 0 Å². The number of nitrogens with zero attached hydrogens (tertiary/aromatic N) is 1. The Morgan fingerprint density at radius 2 is 1.88 bits per heavy atom. The molecule has 0 saturated carbocycles. The topological polar surface area (TPSA) is 69.7 Å². The number of carbonyl (C=O) groups is 1. The van der Waals surface area contributed by atoms with Gasteiger partial charge in [-0.1, -0.05) is 13.8 Å². The molecule has 0 aliphatic carbocycles. The molecule has 1 atom stereocenters. The number of hydrogen-bond acceptors (Lipinski definition) is 5. The minimum atomic E-state index is -0.577. The molecule has 142 valence electrons.